The number of H-pyrrole nitrogens is 1. The van der Waals surface area contributed by atoms with E-state index in [-0.39, 0.29) is 17.0 Å². The summed E-state index contributed by atoms with van der Waals surface area (Å²) in [5.74, 6) is -2.20. The molecular formula is C17H11F3N2O2. The Bertz CT molecular complexity index is 869. The van der Waals surface area contributed by atoms with Crippen LogP contribution in [0, 0.1) is 0 Å². The van der Waals surface area contributed by atoms with E-state index in [1.165, 1.54) is 24.3 Å². The Hall–Kier alpha value is -3.09. The van der Waals surface area contributed by atoms with Crippen molar-refractivity contribution in [2.24, 2.45) is 0 Å². The van der Waals surface area contributed by atoms with E-state index in [0.29, 0.717) is 11.1 Å². The molecule has 0 unspecified atom stereocenters. The Kier molecular flexibility index (Phi) is 3.84. The van der Waals surface area contributed by atoms with Gasteiger partial charge in [0.05, 0.1) is 17.0 Å². The molecule has 0 saturated heterocycles. The number of benzene rings is 2. The molecule has 122 valence electrons. The summed E-state index contributed by atoms with van der Waals surface area (Å²) >= 11 is 0. The van der Waals surface area contributed by atoms with Crippen molar-refractivity contribution in [3.63, 3.8) is 0 Å². The molecule has 2 N–H and O–H groups in total. The van der Waals surface area contributed by atoms with Crippen molar-refractivity contribution in [1.82, 2.24) is 9.97 Å². The zero-order valence-electron chi connectivity index (χ0n) is 12.1. The highest BCUT2D eigenvalue weighted by molar-refractivity contribution is 5.89. The fourth-order valence-electron chi connectivity index (χ4n) is 2.30. The molecule has 3 aromatic rings. The van der Waals surface area contributed by atoms with E-state index >= 15 is 0 Å². The number of imidazole rings is 1. The lowest BCUT2D eigenvalue weighted by Crippen LogP contribution is -2.07. The number of nitrogens with one attached hydrogen (secondary N) is 1. The first kappa shape index (κ1) is 15.8. The maximum Gasteiger partial charge on any atom is 0.449 e. The fraction of sp³-hybridized carbons (Fsp3) is 0.0588. The highest BCUT2D eigenvalue weighted by Gasteiger charge is 2.36. The Balaban J connectivity index is 2.15. The first-order valence-electron chi connectivity index (χ1n) is 6.92. The zero-order valence-corrected chi connectivity index (χ0v) is 12.1. The molecule has 0 aliphatic rings. The molecule has 1 heterocycles. The largest absolute Gasteiger partial charge is 0.478 e. The van der Waals surface area contributed by atoms with Crippen LogP contribution in [-0.4, -0.2) is 21.0 Å². The molecular weight excluding hydrogens is 321 g/mol. The Morgan fingerprint density at radius 3 is 2.12 bits per heavy atom. The van der Waals surface area contributed by atoms with Crippen LogP contribution >= 0.6 is 0 Å². The number of carboxylic acids is 1. The minimum atomic E-state index is -4.61. The average Bonchev–Trinajstić information content (AvgIpc) is 3.01. The summed E-state index contributed by atoms with van der Waals surface area (Å²) in [5.41, 5.74) is 1.34. The van der Waals surface area contributed by atoms with Crippen LogP contribution in [0.1, 0.15) is 16.2 Å². The number of hydrogen-bond acceptors (Lipinski definition) is 2. The Morgan fingerprint density at radius 1 is 0.958 bits per heavy atom. The first-order chi connectivity index (χ1) is 11.4. The van der Waals surface area contributed by atoms with E-state index < -0.39 is 18.0 Å². The standard InChI is InChI=1S/C17H11F3N2O2/c18-17(19,20)16-21-13(10-4-2-1-3-5-10)14(22-16)11-6-8-12(9-7-11)15(23)24/h1-9H,(H,21,22)(H,23,24). The molecule has 7 heteroatoms. The van der Waals surface area contributed by atoms with Crippen LogP contribution in [0.15, 0.2) is 54.6 Å². The summed E-state index contributed by atoms with van der Waals surface area (Å²) < 4.78 is 39.0. The molecule has 0 atom stereocenters. The molecule has 4 nitrogen and oxygen atoms in total. The monoisotopic (exact) mass is 332 g/mol. The summed E-state index contributed by atoms with van der Waals surface area (Å²) in [5, 5.41) is 8.92. The third-order valence-corrected chi connectivity index (χ3v) is 3.44. The number of alkyl halides is 3. The third kappa shape index (κ3) is 3.01. The van der Waals surface area contributed by atoms with E-state index in [4.69, 9.17) is 5.11 Å². The molecule has 1 aromatic heterocycles. The van der Waals surface area contributed by atoms with E-state index in [1.54, 1.807) is 30.3 Å². The van der Waals surface area contributed by atoms with Crippen LogP contribution in [0.2, 0.25) is 0 Å². The minimum absolute atomic E-state index is 0.0515. The second-order valence-corrected chi connectivity index (χ2v) is 5.06. The van der Waals surface area contributed by atoms with Gasteiger partial charge in [-0.05, 0) is 12.1 Å². The second-order valence-electron chi connectivity index (χ2n) is 5.06. The highest BCUT2D eigenvalue weighted by atomic mass is 19.4. The van der Waals surface area contributed by atoms with Crippen LogP contribution in [-0.2, 0) is 6.18 Å². The summed E-state index contributed by atoms with van der Waals surface area (Å²) in [7, 11) is 0. The maximum atomic E-state index is 13.0. The van der Waals surface area contributed by atoms with Crippen molar-refractivity contribution >= 4 is 5.97 Å². The quantitative estimate of drug-likeness (QED) is 0.744. The van der Waals surface area contributed by atoms with Gasteiger partial charge in [-0.1, -0.05) is 42.5 Å². The van der Waals surface area contributed by atoms with Gasteiger partial charge in [-0.25, -0.2) is 9.78 Å². The summed E-state index contributed by atoms with van der Waals surface area (Å²) in [6, 6.07) is 14.0. The number of nitrogens with zero attached hydrogens (tertiary/aromatic N) is 1. The zero-order chi connectivity index (χ0) is 17.3. The lowest BCUT2D eigenvalue weighted by atomic mass is 10.0. The first-order valence-corrected chi connectivity index (χ1v) is 6.92. The molecule has 0 amide bonds. The predicted octanol–water partition coefficient (Wildman–Crippen LogP) is 4.46. The van der Waals surface area contributed by atoms with Crippen LogP contribution in [0.5, 0.6) is 0 Å². The number of carbonyl (C=O) groups is 1. The topological polar surface area (TPSA) is 66.0 Å². The van der Waals surface area contributed by atoms with Gasteiger partial charge in [-0.2, -0.15) is 13.2 Å². The molecule has 3 rings (SSSR count). The number of aromatic carboxylic acids is 1. The van der Waals surface area contributed by atoms with E-state index in [0.717, 1.165) is 0 Å². The summed E-state index contributed by atoms with van der Waals surface area (Å²) in [6.45, 7) is 0. The minimum Gasteiger partial charge on any atom is -0.478 e. The van der Waals surface area contributed by atoms with E-state index in [1.807, 2.05) is 0 Å². The highest BCUT2D eigenvalue weighted by Crippen LogP contribution is 2.35. The maximum absolute atomic E-state index is 13.0. The number of rotatable bonds is 3. The molecule has 0 fully saturated rings. The van der Waals surface area contributed by atoms with Crippen LogP contribution < -0.4 is 0 Å². The van der Waals surface area contributed by atoms with E-state index in [2.05, 4.69) is 9.97 Å². The van der Waals surface area contributed by atoms with Crippen molar-refractivity contribution in [1.29, 1.82) is 0 Å². The number of carboxylic acid groups (broad SMARTS) is 1. The van der Waals surface area contributed by atoms with Crippen molar-refractivity contribution in [2.75, 3.05) is 0 Å². The predicted molar refractivity (Wildman–Crippen MR) is 81.4 cm³/mol. The summed E-state index contributed by atoms with van der Waals surface area (Å²) in [6.07, 6.45) is -4.61. The molecule has 0 aliphatic heterocycles. The van der Waals surface area contributed by atoms with Crippen LogP contribution in [0.25, 0.3) is 22.5 Å². The van der Waals surface area contributed by atoms with Crippen molar-refractivity contribution in [3.8, 4) is 22.5 Å². The van der Waals surface area contributed by atoms with Gasteiger partial charge in [-0.3, -0.25) is 0 Å². The Labute approximate surface area is 134 Å². The van der Waals surface area contributed by atoms with Gasteiger partial charge in [-0.15, -0.1) is 0 Å². The van der Waals surface area contributed by atoms with Gasteiger partial charge in [0, 0.05) is 11.1 Å². The lowest BCUT2D eigenvalue weighted by molar-refractivity contribution is -0.144. The SMILES string of the molecule is O=C(O)c1ccc(-c2[nH]c(C(F)(F)F)nc2-c2ccccc2)cc1. The van der Waals surface area contributed by atoms with Crippen molar-refractivity contribution < 1.29 is 23.1 Å². The van der Waals surface area contributed by atoms with E-state index in [9.17, 15) is 18.0 Å². The van der Waals surface area contributed by atoms with Crippen molar-refractivity contribution in [2.45, 2.75) is 6.18 Å². The number of aromatic amines is 1. The average molecular weight is 332 g/mol. The molecule has 0 radical (unpaired) electrons. The van der Waals surface area contributed by atoms with Gasteiger partial charge in [0.2, 0.25) is 5.82 Å². The van der Waals surface area contributed by atoms with Crippen molar-refractivity contribution in [3.05, 3.63) is 66.0 Å². The smallest absolute Gasteiger partial charge is 0.449 e. The lowest BCUT2D eigenvalue weighted by Gasteiger charge is -2.04. The number of hydrogen-bond donors (Lipinski definition) is 2. The third-order valence-electron chi connectivity index (χ3n) is 3.44. The molecule has 24 heavy (non-hydrogen) atoms. The van der Waals surface area contributed by atoms with Gasteiger partial charge in [0.15, 0.2) is 0 Å². The molecule has 0 bridgehead atoms. The number of halogens is 3. The molecule has 0 aliphatic carbocycles. The van der Waals surface area contributed by atoms with Gasteiger partial charge in [0.25, 0.3) is 0 Å². The van der Waals surface area contributed by atoms with Crippen LogP contribution in [0.4, 0.5) is 13.2 Å². The molecule has 0 spiro atoms. The summed E-state index contributed by atoms with van der Waals surface area (Å²) in [4.78, 5) is 16.9. The van der Waals surface area contributed by atoms with Gasteiger partial charge >= 0.3 is 12.1 Å². The van der Waals surface area contributed by atoms with Gasteiger partial charge < -0.3 is 10.1 Å². The normalized spacial score (nSPS) is 11.5. The van der Waals surface area contributed by atoms with Crippen LogP contribution in [0.3, 0.4) is 0 Å². The number of aromatic nitrogens is 2. The molecule has 2 aromatic carbocycles. The second kappa shape index (κ2) is 5.84. The fourth-order valence-corrected chi connectivity index (χ4v) is 2.30. The Morgan fingerprint density at radius 2 is 1.58 bits per heavy atom. The molecule has 0 saturated carbocycles. The van der Waals surface area contributed by atoms with Gasteiger partial charge in [0.1, 0.15) is 0 Å².